The maximum absolute atomic E-state index is 11.7. The molecule has 1 aliphatic rings. The molecule has 0 bridgehead atoms. The van der Waals surface area contributed by atoms with Gasteiger partial charge < -0.3 is 15.2 Å². The third kappa shape index (κ3) is 4.31. The number of aliphatic carboxylic acids is 1. The number of carbonyl (C=O) groups is 2. The van der Waals surface area contributed by atoms with Gasteiger partial charge >= 0.3 is 5.97 Å². The number of carboxylic acid groups (broad SMARTS) is 1. The van der Waals surface area contributed by atoms with Crippen LogP contribution in [0.3, 0.4) is 0 Å². The van der Waals surface area contributed by atoms with E-state index in [1.54, 1.807) is 6.20 Å². The molecular weight excluding hydrogens is 260 g/mol. The van der Waals surface area contributed by atoms with Gasteiger partial charge in [0.15, 0.2) is 6.10 Å². The number of aryl methyl sites for hydroxylation is 1. The number of rotatable bonds is 6. The zero-order valence-corrected chi connectivity index (χ0v) is 11.1. The fourth-order valence-corrected chi connectivity index (χ4v) is 2.14. The quantitative estimate of drug-likeness (QED) is 0.802. The van der Waals surface area contributed by atoms with Gasteiger partial charge in [-0.15, -0.1) is 0 Å². The van der Waals surface area contributed by atoms with Crippen molar-refractivity contribution in [3.8, 4) is 0 Å². The number of nitrogens with zero attached hydrogens (tertiary/aromatic N) is 1. The molecule has 1 fully saturated rings. The summed E-state index contributed by atoms with van der Waals surface area (Å²) >= 11 is 0. The summed E-state index contributed by atoms with van der Waals surface area (Å²) in [6.45, 7) is 0.366. The molecule has 20 heavy (non-hydrogen) atoms. The first-order valence-electron chi connectivity index (χ1n) is 6.70. The molecule has 2 N–H and O–H groups in total. The van der Waals surface area contributed by atoms with Crippen molar-refractivity contribution in [3.63, 3.8) is 0 Å². The number of ether oxygens (including phenoxy) is 1. The second-order valence-electron chi connectivity index (χ2n) is 4.79. The molecule has 108 valence electrons. The lowest BCUT2D eigenvalue weighted by molar-refractivity contribution is -0.149. The van der Waals surface area contributed by atoms with Gasteiger partial charge in [0.2, 0.25) is 5.91 Å². The molecule has 0 spiro atoms. The van der Waals surface area contributed by atoms with Crippen LogP contribution in [-0.4, -0.2) is 40.7 Å². The van der Waals surface area contributed by atoms with E-state index in [0.29, 0.717) is 32.2 Å². The Balaban J connectivity index is 1.65. The van der Waals surface area contributed by atoms with Gasteiger partial charge in [0, 0.05) is 24.9 Å². The molecule has 1 aliphatic heterocycles. The van der Waals surface area contributed by atoms with Crippen molar-refractivity contribution in [1.29, 1.82) is 0 Å². The molecule has 1 aromatic rings. The normalized spacial score (nSPS) is 21.6. The number of aromatic nitrogens is 1. The van der Waals surface area contributed by atoms with Crippen molar-refractivity contribution in [2.45, 2.75) is 37.9 Å². The molecule has 0 saturated carbocycles. The summed E-state index contributed by atoms with van der Waals surface area (Å²) in [5.41, 5.74) is 0.880. The number of hydrogen-bond acceptors (Lipinski definition) is 4. The Morgan fingerprint density at radius 1 is 1.40 bits per heavy atom. The van der Waals surface area contributed by atoms with Crippen molar-refractivity contribution >= 4 is 11.9 Å². The second-order valence-corrected chi connectivity index (χ2v) is 4.79. The number of carboxylic acids is 1. The molecule has 1 amide bonds. The number of carbonyl (C=O) groups excluding carboxylic acids is 1. The fraction of sp³-hybridized carbons (Fsp3) is 0.500. The highest BCUT2D eigenvalue weighted by molar-refractivity contribution is 5.76. The van der Waals surface area contributed by atoms with Gasteiger partial charge in [-0.05, 0) is 31.4 Å². The zero-order valence-electron chi connectivity index (χ0n) is 11.1. The monoisotopic (exact) mass is 278 g/mol. The Labute approximate surface area is 117 Å². The van der Waals surface area contributed by atoms with E-state index < -0.39 is 12.1 Å². The molecule has 0 aromatic carbocycles. The van der Waals surface area contributed by atoms with E-state index in [9.17, 15) is 9.59 Å². The Bertz CT molecular complexity index is 464. The van der Waals surface area contributed by atoms with Crippen molar-refractivity contribution in [1.82, 2.24) is 10.3 Å². The van der Waals surface area contributed by atoms with Crippen molar-refractivity contribution in [3.05, 3.63) is 30.1 Å². The van der Waals surface area contributed by atoms with Crippen LogP contribution >= 0.6 is 0 Å². The number of pyridine rings is 1. The van der Waals surface area contributed by atoms with Crippen LogP contribution in [0.4, 0.5) is 0 Å². The highest BCUT2D eigenvalue weighted by Crippen LogP contribution is 2.19. The first kappa shape index (κ1) is 14.5. The van der Waals surface area contributed by atoms with Gasteiger partial charge in [-0.25, -0.2) is 4.79 Å². The Morgan fingerprint density at radius 3 is 2.90 bits per heavy atom. The summed E-state index contributed by atoms with van der Waals surface area (Å²) in [5, 5.41) is 11.6. The molecule has 2 heterocycles. The highest BCUT2D eigenvalue weighted by Gasteiger charge is 2.30. The van der Waals surface area contributed by atoms with E-state index in [1.165, 1.54) is 0 Å². The van der Waals surface area contributed by atoms with Crippen LogP contribution in [0, 0.1) is 0 Å². The predicted molar refractivity (Wildman–Crippen MR) is 71.1 cm³/mol. The summed E-state index contributed by atoms with van der Waals surface area (Å²) in [6.07, 6.45) is 2.90. The van der Waals surface area contributed by atoms with Gasteiger partial charge in [-0.2, -0.15) is 0 Å². The van der Waals surface area contributed by atoms with Crippen LogP contribution in [0.1, 0.15) is 25.0 Å². The zero-order chi connectivity index (χ0) is 14.4. The van der Waals surface area contributed by atoms with E-state index in [0.717, 1.165) is 5.69 Å². The van der Waals surface area contributed by atoms with E-state index in [-0.39, 0.29) is 12.0 Å². The van der Waals surface area contributed by atoms with Crippen LogP contribution in [0.25, 0.3) is 0 Å². The molecule has 2 atom stereocenters. The summed E-state index contributed by atoms with van der Waals surface area (Å²) in [7, 11) is 0. The van der Waals surface area contributed by atoms with Crippen LogP contribution in [0.5, 0.6) is 0 Å². The van der Waals surface area contributed by atoms with Gasteiger partial charge in [0.1, 0.15) is 0 Å². The van der Waals surface area contributed by atoms with Gasteiger partial charge in [0.05, 0.1) is 6.10 Å². The number of nitrogens with one attached hydrogen (secondary N) is 1. The van der Waals surface area contributed by atoms with Gasteiger partial charge in [0.25, 0.3) is 0 Å². The van der Waals surface area contributed by atoms with E-state index in [1.807, 2.05) is 18.2 Å². The van der Waals surface area contributed by atoms with Gasteiger partial charge in [-0.1, -0.05) is 6.07 Å². The second kappa shape index (κ2) is 7.00. The topological polar surface area (TPSA) is 88.5 Å². The summed E-state index contributed by atoms with van der Waals surface area (Å²) in [5.74, 6) is -1.01. The largest absolute Gasteiger partial charge is 0.479 e. The average molecular weight is 278 g/mol. The molecule has 0 aliphatic carbocycles. The molecule has 2 unspecified atom stereocenters. The SMILES string of the molecule is O=C(CCc1ccccn1)NCC1CCC(C(=O)O)O1. The standard InChI is InChI=1S/C14H18N2O4/c17-13(7-4-10-3-1-2-8-15-10)16-9-11-5-6-12(20-11)14(18)19/h1-3,8,11-12H,4-7,9H2,(H,16,17)(H,18,19). The van der Waals surface area contributed by atoms with Crippen LogP contribution in [0.2, 0.25) is 0 Å². The van der Waals surface area contributed by atoms with Crippen molar-refractivity contribution in [2.75, 3.05) is 6.54 Å². The molecular formula is C14H18N2O4. The Hall–Kier alpha value is -1.95. The van der Waals surface area contributed by atoms with Crippen molar-refractivity contribution in [2.24, 2.45) is 0 Å². The minimum atomic E-state index is -0.936. The third-order valence-corrected chi connectivity index (χ3v) is 3.24. The smallest absolute Gasteiger partial charge is 0.332 e. The third-order valence-electron chi connectivity index (χ3n) is 3.24. The molecule has 6 nitrogen and oxygen atoms in total. The first-order chi connectivity index (χ1) is 9.65. The maximum atomic E-state index is 11.7. The van der Waals surface area contributed by atoms with Gasteiger partial charge in [-0.3, -0.25) is 9.78 Å². The van der Waals surface area contributed by atoms with Crippen LogP contribution < -0.4 is 5.32 Å². The van der Waals surface area contributed by atoms with Crippen LogP contribution in [0.15, 0.2) is 24.4 Å². The summed E-state index contributed by atoms with van der Waals surface area (Å²) in [6, 6.07) is 5.60. The van der Waals surface area contributed by atoms with E-state index >= 15 is 0 Å². The lowest BCUT2D eigenvalue weighted by Gasteiger charge is -2.12. The molecule has 1 saturated heterocycles. The van der Waals surface area contributed by atoms with E-state index in [4.69, 9.17) is 9.84 Å². The minimum absolute atomic E-state index is 0.0713. The molecule has 6 heteroatoms. The highest BCUT2D eigenvalue weighted by atomic mass is 16.5. The first-order valence-corrected chi connectivity index (χ1v) is 6.70. The molecule has 0 radical (unpaired) electrons. The minimum Gasteiger partial charge on any atom is -0.479 e. The molecule has 1 aromatic heterocycles. The lowest BCUT2D eigenvalue weighted by atomic mass is 10.2. The maximum Gasteiger partial charge on any atom is 0.332 e. The number of hydrogen-bond donors (Lipinski definition) is 2. The summed E-state index contributed by atoms with van der Waals surface area (Å²) in [4.78, 5) is 26.6. The summed E-state index contributed by atoms with van der Waals surface area (Å²) < 4.78 is 5.31. The van der Waals surface area contributed by atoms with Crippen LogP contribution in [-0.2, 0) is 20.7 Å². The van der Waals surface area contributed by atoms with Crippen molar-refractivity contribution < 1.29 is 19.4 Å². The molecule has 2 rings (SSSR count). The predicted octanol–water partition coefficient (Wildman–Crippen LogP) is 0.763. The van der Waals surface area contributed by atoms with E-state index in [2.05, 4.69) is 10.3 Å². The lowest BCUT2D eigenvalue weighted by Crippen LogP contribution is -2.33. The number of amides is 1. The fourth-order valence-electron chi connectivity index (χ4n) is 2.14. The Kier molecular flexibility index (Phi) is 5.06. The Morgan fingerprint density at radius 2 is 2.25 bits per heavy atom. The average Bonchev–Trinajstić information content (AvgIpc) is 2.93.